The van der Waals surface area contributed by atoms with E-state index in [4.69, 9.17) is 27.9 Å². The van der Waals surface area contributed by atoms with Crippen LogP contribution in [0.1, 0.15) is 10.9 Å². The molecule has 1 heterocycles. The van der Waals surface area contributed by atoms with E-state index >= 15 is 0 Å². The molecule has 0 unspecified atom stereocenters. The van der Waals surface area contributed by atoms with Crippen LogP contribution >= 0.6 is 23.2 Å². The molecule has 0 aromatic heterocycles. The number of ether oxygens (including phenoxy) is 1. The van der Waals surface area contributed by atoms with Crippen LogP contribution in [0.2, 0.25) is 0 Å². The zero-order valence-electron chi connectivity index (χ0n) is 5.63. The summed E-state index contributed by atoms with van der Waals surface area (Å²) in [7, 11) is 0. The van der Waals surface area contributed by atoms with Crippen molar-refractivity contribution in [3.63, 3.8) is 0 Å². The molecule has 1 aliphatic heterocycles. The Balaban J connectivity index is 2.47. The van der Waals surface area contributed by atoms with Crippen molar-refractivity contribution in [2.45, 2.75) is 10.9 Å². The molecular formula is C8H6Cl2O. The second kappa shape index (κ2) is 2.58. The Labute approximate surface area is 74.9 Å². The number of hydrogen-bond acceptors (Lipinski definition) is 1. The molecule has 11 heavy (non-hydrogen) atoms. The summed E-state index contributed by atoms with van der Waals surface area (Å²) in [5, 5.41) is -0.215. The van der Waals surface area contributed by atoms with Gasteiger partial charge in [-0.3, -0.25) is 0 Å². The number of alkyl halides is 2. The van der Waals surface area contributed by atoms with Gasteiger partial charge in [0.05, 0.1) is 0 Å². The Hall–Kier alpha value is -0.400. The van der Waals surface area contributed by atoms with Crippen molar-refractivity contribution in [1.82, 2.24) is 0 Å². The molecule has 0 radical (unpaired) electrons. The first kappa shape index (κ1) is 7.26. The number of halogens is 2. The largest absolute Gasteiger partial charge is 0.472 e. The lowest BCUT2D eigenvalue weighted by molar-refractivity contribution is 0.312. The van der Waals surface area contributed by atoms with Crippen molar-refractivity contribution in [1.29, 1.82) is 0 Å². The van der Waals surface area contributed by atoms with Crippen molar-refractivity contribution < 1.29 is 4.74 Å². The van der Waals surface area contributed by atoms with Gasteiger partial charge in [0.2, 0.25) is 0 Å². The Morgan fingerprint density at radius 3 is 2.64 bits per heavy atom. The van der Waals surface area contributed by atoms with Crippen LogP contribution in [-0.2, 0) is 0 Å². The molecule has 0 N–H and O–H groups in total. The molecule has 1 aromatic rings. The summed E-state index contributed by atoms with van der Waals surface area (Å²) in [6.45, 7) is 0. The van der Waals surface area contributed by atoms with Crippen LogP contribution in [-0.4, -0.2) is 5.56 Å². The van der Waals surface area contributed by atoms with Crippen LogP contribution in [0.25, 0.3) is 0 Å². The Morgan fingerprint density at radius 2 is 1.91 bits per heavy atom. The third kappa shape index (κ3) is 1.09. The maximum atomic E-state index is 5.94. The third-order valence-corrected chi connectivity index (χ3v) is 2.62. The molecule has 0 bridgehead atoms. The number of para-hydroxylation sites is 1. The highest BCUT2D eigenvalue weighted by Gasteiger charge is 2.30. The summed E-state index contributed by atoms with van der Waals surface area (Å²) in [5.74, 6) is 0.799. The van der Waals surface area contributed by atoms with Crippen LogP contribution in [0.4, 0.5) is 0 Å². The molecule has 0 aliphatic carbocycles. The summed E-state index contributed by atoms with van der Waals surface area (Å²) in [6, 6.07) is 7.62. The first-order valence-corrected chi connectivity index (χ1v) is 4.20. The van der Waals surface area contributed by atoms with E-state index in [1.165, 1.54) is 0 Å². The van der Waals surface area contributed by atoms with Crippen LogP contribution in [0.5, 0.6) is 5.75 Å². The SMILES string of the molecule is Cl[C@H]1Oc2ccccc2[C@@H]1Cl. The van der Waals surface area contributed by atoms with Gasteiger partial charge in [-0.15, -0.1) is 11.6 Å². The lowest BCUT2D eigenvalue weighted by atomic mass is 10.2. The summed E-state index contributed by atoms with van der Waals surface area (Å²) in [4.78, 5) is 0. The molecule has 2 rings (SSSR count). The molecule has 1 aromatic carbocycles. The average molecular weight is 189 g/mol. The van der Waals surface area contributed by atoms with Gasteiger partial charge in [0, 0.05) is 5.56 Å². The Kier molecular flexibility index (Phi) is 1.70. The van der Waals surface area contributed by atoms with Gasteiger partial charge in [-0.05, 0) is 6.07 Å². The van der Waals surface area contributed by atoms with Gasteiger partial charge in [-0.1, -0.05) is 29.8 Å². The highest BCUT2D eigenvalue weighted by Crippen LogP contribution is 2.41. The normalized spacial score (nSPS) is 27.8. The van der Waals surface area contributed by atoms with Crippen molar-refractivity contribution in [3.05, 3.63) is 29.8 Å². The highest BCUT2D eigenvalue weighted by atomic mass is 35.5. The van der Waals surface area contributed by atoms with E-state index in [2.05, 4.69) is 0 Å². The molecule has 2 atom stereocenters. The monoisotopic (exact) mass is 188 g/mol. The molecule has 3 heteroatoms. The maximum absolute atomic E-state index is 5.94. The van der Waals surface area contributed by atoms with E-state index in [1.807, 2.05) is 24.3 Å². The van der Waals surface area contributed by atoms with Crippen LogP contribution in [0, 0.1) is 0 Å². The molecule has 1 nitrogen and oxygen atoms in total. The minimum Gasteiger partial charge on any atom is -0.472 e. The predicted molar refractivity (Wildman–Crippen MR) is 45.3 cm³/mol. The molecule has 0 saturated carbocycles. The maximum Gasteiger partial charge on any atom is 0.192 e. The second-order valence-corrected chi connectivity index (χ2v) is 3.31. The van der Waals surface area contributed by atoms with E-state index in [9.17, 15) is 0 Å². The van der Waals surface area contributed by atoms with Gasteiger partial charge in [0.25, 0.3) is 0 Å². The predicted octanol–water partition coefficient (Wildman–Crippen LogP) is 2.92. The number of benzene rings is 1. The van der Waals surface area contributed by atoms with E-state index in [0.29, 0.717) is 0 Å². The third-order valence-electron chi connectivity index (χ3n) is 1.69. The topological polar surface area (TPSA) is 9.23 Å². The molecule has 1 aliphatic rings. The summed E-state index contributed by atoms with van der Waals surface area (Å²) < 4.78 is 5.25. The first-order valence-electron chi connectivity index (χ1n) is 3.33. The molecule has 58 valence electrons. The van der Waals surface area contributed by atoms with Crippen molar-refractivity contribution in [3.8, 4) is 5.75 Å². The molecule has 0 spiro atoms. The van der Waals surface area contributed by atoms with Crippen LogP contribution in [0.15, 0.2) is 24.3 Å². The fraction of sp³-hybridized carbons (Fsp3) is 0.250. The summed E-state index contributed by atoms with van der Waals surface area (Å²) >= 11 is 11.7. The zero-order chi connectivity index (χ0) is 7.84. The van der Waals surface area contributed by atoms with Crippen molar-refractivity contribution in [2.24, 2.45) is 0 Å². The van der Waals surface area contributed by atoms with Gasteiger partial charge in [0.1, 0.15) is 11.1 Å². The first-order chi connectivity index (χ1) is 5.29. The number of hydrogen-bond donors (Lipinski definition) is 0. The number of fused-ring (bicyclic) bond motifs is 1. The van der Waals surface area contributed by atoms with Gasteiger partial charge >= 0.3 is 0 Å². The lowest BCUT2D eigenvalue weighted by Crippen LogP contribution is -2.04. The van der Waals surface area contributed by atoms with E-state index in [1.54, 1.807) is 0 Å². The van der Waals surface area contributed by atoms with Gasteiger partial charge in [0.15, 0.2) is 5.56 Å². The fourth-order valence-corrected chi connectivity index (χ4v) is 1.60. The van der Waals surface area contributed by atoms with Crippen molar-refractivity contribution >= 4 is 23.2 Å². The quantitative estimate of drug-likeness (QED) is 0.570. The summed E-state index contributed by atoms with van der Waals surface area (Å²) in [5.41, 5.74) is 0.559. The van der Waals surface area contributed by atoms with Crippen LogP contribution in [0.3, 0.4) is 0 Å². The van der Waals surface area contributed by atoms with E-state index in [-0.39, 0.29) is 5.38 Å². The van der Waals surface area contributed by atoms with E-state index < -0.39 is 5.56 Å². The molecule has 0 fully saturated rings. The minimum atomic E-state index is -0.422. The van der Waals surface area contributed by atoms with Gasteiger partial charge in [-0.2, -0.15) is 0 Å². The van der Waals surface area contributed by atoms with Gasteiger partial charge < -0.3 is 4.74 Å². The highest BCUT2D eigenvalue weighted by molar-refractivity contribution is 6.30. The minimum absolute atomic E-state index is 0.215. The lowest BCUT2D eigenvalue weighted by Gasteiger charge is -2.02. The van der Waals surface area contributed by atoms with Crippen LogP contribution < -0.4 is 4.74 Å². The fourth-order valence-electron chi connectivity index (χ4n) is 1.14. The molecule has 0 saturated heterocycles. The smallest absolute Gasteiger partial charge is 0.192 e. The average Bonchev–Trinajstić information content (AvgIpc) is 2.30. The number of rotatable bonds is 0. The molecule has 0 amide bonds. The molecular weight excluding hydrogens is 183 g/mol. The zero-order valence-corrected chi connectivity index (χ0v) is 7.14. The van der Waals surface area contributed by atoms with Crippen molar-refractivity contribution in [2.75, 3.05) is 0 Å². The second-order valence-electron chi connectivity index (χ2n) is 2.41. The van der Waals surface area contributed by atoms with Gasteiger partial charge in [-0.25, -0.2) is 0 Å². The van der Waals surface area contributed by atoms with E-state index in [0.717, 1.165) is 11.3 Å². The Morgan fingerprint density at radius 1 is 1.18 bits per heavy atom. The standard InChI is InChI=1S/C8H6Cl2O/c9-7-5-3-1-2-4-6(5)11-8(7)10/h1-4,7-8H/t7-,8-/m0/s1. The summed E-state index contributed by atoms with van der Waals surface area (Å²) in [6.07, 6.45) is 0. The Bertz CT molecular complexity index is 275.